The molecule has 1 fully saturated rings. The SMILES string of the molecule is COc1ccccc1OCCn1cc(/C=C2\SC(=S)N(Cc3ccccc3)C2=O)c2ccccc21. The van der Waals surface area contributed by atoms with E-state index >= 15 is 0 Å². The Hall–Kier alpha value is -3.55. The largest absolute Gasteiger partial charge is 0.493 e. The number of thioether (sulfide) groups is 1. The lowest BCUT2D eigenvalue weighted by Gasteiger charge is -2.14. The number of amides is 1. The molecule has 0 atom stereocenters. The Morgan fingerprint density at radius 1 is 0.943 bits per heavy atom. The van der Waals surface area contributed by atoms with Crippen molar-refractivity contribution in [1.29, 1.82) is 0 Å². The highest BCUT2D eigenvalue weighted by Gasteiger charge is 2.32. The number of fused-ring (bicyclic) bond motifs is 1. The van der Waals surface area contributed by atoms with E-state index in [0.717, 1.165) is 22.0 Å². The van der Waals surface area contributed by atoms with E-state index in [0.29, 0.717) is 40.4 Å². The van der Waals surface area contributed by atoms with E-state index < -0.39 is 0 Å². The van der Waals surface area contributed by atoms with Gasteiger partial charge in [0.1, 0.15) is 10.9 Å². The molecule has 0 unspecified atom stereocenters. The first kappa shape index (κ1) is 23.2. The molecule has 1 aliphatic rings. The number of ether oxygens (including phenoxy) is 2. The normalized spacial score (nSPS) is 14.8. The molecule has 3 aromatic carbocycles. The molecule has 2 heterocycles. The van der Waals surface area contributed by atoms with Crippen LogP contribution < -0.4 is 9.47 Å². The third-order valence-electron chi connectivity index (χ3n) is 5.82. The Balaban J connectivity index is 1.36. The second kappa shape index (κ2) is 10.4. The Kier molecular flexibility index (Phi) is 6.88. The van der Waals surface area contributed by atoms with Crippen molar-refractivity contribution < 1.29 is 14.3 Å². The number of rotatable bonds is 8. The van der Waals surface area contributed by atoms with Crippen LogP contribution in [0.15, 0.2) is 90.0 Å². The van der Waals surface area contributed by atoms with Crippen molar-refractivity contribution in [2.24, 2.45) is 0 Å². The van der Waals surface area contributed by atoms with E-state index in [9.17, 15) is 4.79 Å². The quantitative estimate of drug-likeness (QED) is 0.215. The van der Waals surface area contributed by atoms with Gasteiger partial charge < -0.3 is 14.0 Å². The lowest BCUT2D eigenvalue weighted by atomic mass is 10.1. The summed E-state index contributed by atoms with van der Waals surface area (Å²) in [6.45, 7) is 1.62. The van der Waals surface area contributed by atoms with Gasteiger partial charge in [-0.2, -0.15) is 0 Å². The first-order valence-electron chi connectivity index (χ1n) is 11.3. The van der Waals surface area contributed by atoms with Crippen LogP contribution in [0.1, 0.15) is 11.1 Å². The number of carbonyl (C=O) groups excluding carboxylic acids is 1. The average molecular weight is 501 g/mol. The van der Waals surface area contributed by atoms with E-state index in [1.165, 1.54) is 11.8 Å². The topological polar surface area (TPSA) is 43.7 Å². The Morgan fingerprint density at radius 3 is 2.46 bits per heavy atom. The molecule has 0 N–H and O–H groups in total. The minimum Gasteiger partial charge on any atom is -0.493 e. The first-order chi connectivity index (χ1) is 17.1. The molecule has 1 saturated heterocycles. The average Bonchev–Trinajstić information content (AvgIpc) is 3.37. The fourth-order valence-corrected chi connectivity index (χ4v) is 5.36. The summed E-state index contributed by atoms with van der Waals surface area (Å²) in [4.78, 5) is 15.5. The number of carbonyl (C=O) groups is 1. The fraction of sp³-hybridized carbons (Fsp3) is 0.143. The van der Waals surface area contributed by atoms with Gasteiger partial charge in [-0.3, -0.25) is 9.69 Å². The molecule has 0 spiro atoms. The van der Waals surface area contributed by atoms with E-state index in [1.807, 2.05) is 72.8 Å². The minimum absolute atomic E-state index is 0.0554. The first-order valence-corrected chi connectivity index (χ1v) is 12.5. The fourth-order valence-electron chi connectivity index (χ4n) is 4.11. The molecule has 176 valence electrons. The molecule has 1 amide bonds. The van der Waals surface area contributed by atoms with Crippen molar-refractivity contribution in [3.63, 3.8) is 0 Å². The summed E-state index contributed by atoms with van der Waals surface area (Å²) in [7, 11) is 1.64. The molecule has 1 aliphatic heterocycles. The second-order valence-electron chi connectivity index (χ2n) is 8.05. The van der Waals surface area contributed by atoms with Crippen LogP contribution in [0.2, 0.25) is 0 Å². The molecule has 0 saturated carbocycles. The van der Waals surface area contributed by atoms with E-state index in [1.54, 1.807) is 12.0 Å². The van der Waals surface area contributed by atoms with Gasteiger partial charge in [-0.25, -0.2) is 0 Å². The van der Waals surface area contributed by atoms with Gasteiger partial charge in [0, 0.05) is 22.7 Å². The molecule has 4 aromatic rings. The molecule has 1 aromatic heterocycles. The zero-order valence-electron chi connectivity index (χ0n) is 19.2. The Bertz CT molecular complexity index is 1410. The minimum atomic E-state index is -0.0554. The van der Waals surface area contributed by atoms with Gasteiger partial charge in [-0.05, 0) is 29.8 Å². The van der Waals surface area contributed by atoms with Gasteiger partial charge in [0.25, 0.3) is 5.91 Å². The maximum Gasteiger partial charge on any atom is 0.266 e. The number of methoxy groups -OCH3 is 1. The van der Waals surface area contributed by atoms with Crippen LogP contribution in [0, 0.1) is 0 Å². The summed E-state index contributed by atoms with van der Waals surface area (Å²) in [5, 5.41) is 1.08. The molecule has 5 rings (SSSR count). The molecule has 35 heavy (non-hydrogen) atoms. The predicted molar refractivity (Wildman–Crippen MR) is 146 cm³/mol. The summed E-state index contributed by atoms with van der Waals surface area (Å²) in [5.41, 5.74) is 3.12. The third kappa shape index (κ3) is 4.97. The number of para-hydroxylation sites is 3. The number of benzene rings is 3. The van der Waals surface area contributed by atoms with Crippen molar-refractivity contribution in [3.05, 3.63) is 101 Å². The molecule has 0 radical (unpaired) electrons. The van der Waals surface area contributed by atoms with Crippen molar-refractivity contribution in [3.8, 4) is 11.5 Å². The summed E-state index contributed by atoms with van der Waals surface area (Å²) < 4.78 is 14.1. The predicted octanol–water partition coefficient (Wildman–Crippen LogP) is 6.13. The Morgan fingerprint density at radius 2 is 1.66 bits per heavy atom. The van der Waals surface area contributed by atoms with Crippen LogP contribution in [-0.4, -0.2) is 33.4 Å². The molecule has 0 bridgehead atoms. The van der Waals surface area contributed by atoms with Crippen LogP contribution >= 0.6 is 24.0 Å². The summed E-state index contributed by atoms with van der Waals surface area (Å²) in [5.74, 6) is 1.37. The molecular weight excluding hydrogens is 476 g/mol. The lowest BCUT2D eigenvalue weighted by Crippen LogP contribution is -2.27. The van der Waals surface area contributed by atoms with E-state index in [2.05, 4.69) is 22.9 Å². The van der Waals surface area contributed by atoms with Crippen molar-refractivity contribution in [2.75, 3.05) is 13.7 Å². The lowest BCUT2D eigenvalue weighted by molar-refractivity contribution is -0.122. The summed E-state index contributed by atoms with van der Waals surface area (Å²) >= 11 is 6.88. The monoisotopic (exact) mass is 500 g/mol. The number of hydrogen-bond acceptors (Lipinski definition) is 5. The number of hydrogen-bond donors (Lipinski definition) is 0. The van der Waals surface area contributed by atoms with Crippen LogP contribution in [0.4, 0.5) is 0 Å². The van der Waals surface area contributed by atoms with Crippen molar-refractivity contribution in [1.82, 2.24) is 9.47 Å². The van der Waals surface area contributed by atoms with Crippen LogP contribution in [0.5, 0.6) is 11.5 Å². The summed E-state index contributed by atoms with van der Waals surface area (Å²) in [6.07, 6.45) is 4.02. The highest BCUT2D eigenvalue weighted by Crippen LogP contribution is 2.35. The maximum absolute atomic E-state index is 13.2. The third-order valence-corrected chi connectivity index (χ3v) is 7.20. The van der Waals surface area contributed by atoms with Crippen molar-refractivity contribution >= 4 is 51.2 Å². The van der Waals surface area contributed by atoms with Crippen molar-refractivity contribution in [2.45, 2.75) is 13.1 Å². The molecule has 5 nitrogen and oxygen atoms in total. The smallest absolute Gasteiger partial charge is 0.266 e. The molecule has 0 aliphatic carbocycles. The van der Waals surface area contributed by atoms with Gasteiger partial charge in [0.15, 0.2) is 11.5 Å². The van der Waals surface area contributed by atoms with Gasteiger partial charge in [0.2, 0.25) is 0 Å². The maximum atomic E-state index is 13.2. The van der Waals surface area contributed by atoms with E-state index in [-0.39, 0.29) is 5.91 Å². The highest BCUT2D eigenvalue weighted by atomic mass is 32.2. The summed E-state index contributed by atoms with van der Waals surface area (Å²) in [6, 6.07) is 25.7. The zero-order chi connectivity index (χ0) is 24.2. The standard InChI is InChI=1S/C28H24N2O3S2/c1-32-24-13-7-8-14-25(24)33-16-15-29-19-21(22-11-5-6-12-23(22)29)17-26-27(31)30(28(34)35-26)18-20-9-3-2-4-10-20/h2-14,17,19H,15-16,18H2,1H3/b26-17-. The number of thiocarbonyl (C=S) groups is 1. The molecular formula is C28H24N2O3S2. The van der Waals surface area contributed by atoms with Gasteiger partial charge in [-0.1, -0.05) is 84.6 Å². The molecule has 7 heteroatoms. The van der Waals surface area contributed by atoms with E-state index in [4.69, 9.17) is 21.7 Å². The van der Waals surface area contributed by atoms with Crippen LogP contribution in [0.25, 0.3) is 17.0 Å². The highest BCUT2D eigenvalue weighted by molar-refractivity contribution is 8.26. The number of aromatic nitrogens is 1. The second-order valence-corrected chi connectivity index (χ2v) is 9.72. The Labute approximate surface area is 214 Å². The van der Waals surface area contributed by atoms with Crippen LogP contribution in [0.3, 0.4) is 0 Å². The van der Waals surface area contributed by atoms with Gasteiger partial charge in [0.05, 0.1) is 25.1 Å². The van der Waals surface area contributed by atoms with Gasteiger partial charge in [-0.15, -0.1) is 0 Å². The zero-order valence-corrected chi connectivity index (χ0v) is 20.9. The number of nitrogens with zero attached hydrogens (tertiary/aromatic N) is 2. The van der Waals surface area contributed by atoms with Gasteiger partial charge >= 0.3 is 0 Å². The van der Waals surface area contributed by atoms with Crippen LogP contribution in [-0.2, 0) is 17.9 Å².